The number of halogens is 1. The predicted octanol–water partition coefficient (Wildman–Crippen LogP) is 2.91. The van der Waals surface area contributed by atoms with Crippen molar-refractivity contribution in [3.05, 3.63) is 59.6 Å². The second kappa shape index (κ2) is 8.61. The number of nitrogens with one attached hydrogen (secondary N) is 1. The van der Waals surface area contributed by atoms with E-state index in [1.165, 1.54) is 16.8 Å². The summed E-state index contributed by atoms with van der Waals surface area (Å²) in [6.45, 7) is 4.37. The van der Waals surface area contributed by atoms with Gasteiger partial charge in [-0.3, -0.25) is 5.41 Å². The first-order chi connectivity index (χ1) is 10.5. The Hall–Kier alpha value is -2.63. The summed E-state index contributed by atoms with van der Waals surface area (Å²) in [6.07, 6.45) is 5.34. The number of allylic oxidation sites excluding steroid dienone is 2. The van der Waals surface area contributed by atoms with E-state index in [4.69, 9.17) is 16.9 Å². The van der Waals surface area contributed by atoms with Crippen LogP contribution in [0, 0.1) is 11.2 Å². The lowest BCUT2D eigenvalue weighted by Crippen LogP contribution is -2.13. The maximum Gasteiger partial charge on any atom is 0.143 e. The Bertz CT molecular complexity index is 646. The maximum atomic E-state index is 13.4. The van der Waals surface area contributed by atoms with Gasteiger partial charge in [-0.1, -0.05) is 37.3 Å². The average Bonchev–Trinajstić information content (AvgIpc) is 2.85. The number of amidine groups is 1. The van der Waals surface area contributed by atoms with Crippen molar-refractivity contribution in [3.8, 4) is 0 Å². The zero-order chi connectivity index (χ0) is 16.5. The van der Waals surface area contributed by atoms with Crippen molar-refractivity contribution in [2.75, 3.05) is 5.73 Å². The van der Waals surface area contributed by atoms with Gasteiger partial charge >= 0.3 is 0 Å². The molecule has 22 heavy (non-hydrogen) atoms. The Balaban J connectivity index is 0.000000422. The summed E-state index contributed by atoms with van der Waals surface area (Å²) < 4.78 is 14.8. The lowest BCUT2D eigenvalue weighted by Gasteiger charge is -2.04. The molecule has 0 atom stereocenters. The molecule has 0 saturated heterocycles. The molecule has 0 unspecified atom stereocenters. The third kappa shape index (κ3) is 5.05. The molecule has 0 spiro atoms. The van der Waals surface area contributed by atoms with Crippen molar-refractivity contribution in [2.45, 2.75) is 26.8 Å². The van der Waals surface area contributed by atoms with Crippen molar-refractivity contribution in [2.24, 2.45) is 5.73 Å². The molecule has 6 heteroatoms. The molecular formula is C16H22FN5. The minimum Gasteiger partial charge on any atom is -0.384 e. The second-order valence-electron chi connectivity index (χ2n) is 4.59. The Morgan fingerprint density at radius 3 is 2.55 bits per heavy atom. The van der Waals surface area contributed by atoms with Crippen molar-refractivity contribution < 1.29 is 4.39 Å². The second-order valence-corrected chi connectivity index (χ2v) is 4.59. The van der Waals surface area contributed by atoms with E-state index in [2.05, 4.69) is 24.2 Å². The quantitative estimate of drug-likeness (QED) is 0.460. The summed E-state index contributed by atoms with van der Waals surface area (Å²) in [5, 5.41) is 11.3. The molecule has 0 aliphatic rings. The SMILES string of the molecule is C/C=C\CC.N=C(N)c1cc(N)n(Cc2ccccc2F)n1. The topological polar surface area (TPSA) is 93.7 Å². The van der Waals surface area contributed by atoms with Crippen LogP contribution < -0.4 is 11.5 Å². The van der Waals surface area contributed by atoms with Gasteiger partial charge in [0.25, 0.3) is 0 Å². The van der Waals surface area contributed by atoms with Crippen molar-refractivity contribution >= 4 is 11.7 Å². The molecule has 0 amide bonds. The molecular weight excluding hydrogens is 281 g/mol. The zero-order valence-electron chi connectivity index (χ0n) is 12.9. The summed E-state index contributed by atoms with van der Waals surface area (Å²) in [7, 11) is 0. The van der Waals surface area contributed by atoms with Gasteiger partial charge in [-0.25, -0.2) is 9.07 Å². The number of nitrogens with zero attached hydrogens (tertiary/aromatic N) is 2. The molecule has 2 rings (SSSR count). The molecule has 0 bridgehead atoms. The number of aromatic nitrogens is 2. The van der Waals surface area contributed by atoms with Crippen LogP contribution in [0.2, 0.25) is 0 Å². The van der Waals surface area contributed by atoms with Gasteiger partial charge < -0.3 is 11.5 Å². The molecule has 0 aliphatic heterocycles. The van der Waals surface area contributed by atoms with Crippen molar-refractivity contribution in [1.82, 2.24) is 9.78 Å². The van der Waals surface area contributed by atoms with Crippen LogP contribution in [0.15, 0.2) is 42.5 Å². The Morgan fingerprint density at radius 1 is 1.41 bits per heavy atom. The number of nitrogen functional groups attached to an aromatic ring is 2. The molecule has 1 heterocycles. The molecule has 5 N–H and O–H groups in total. The van der Waals surface area contributed by atoms with E-state index >= 15 is 0 Å². The van der Waals surface area contributed by atoms with Crippen LogP contribution in [-0.2, 0) is 6.54 Å². The fourth-order valence-corrected chi connectivity index (χ4v) is 1.71. The molecule has 1 aromatic heterocycles. The minimum absolute atomic E-state index is 0.163. The lowest BCUT2D eigenvalue weighted by molar-refractivity contribution is 0.587. The predicted molar refractivity (Wildman–Crippen MR) is 88.3 cm³/mol. The van der Waals surface area contributed by atoms with Gasteiger partial charge in [0.15, 0.2) is 0 Å². The summed E-state index contributed by atoms with van der Waals surface area (Å²) in [4.78, 5) is 0. The number of hydrogen-bond acceptors (Lipinski definition) is 3. The zero-order valence-corrected chi connectivity index (χ0v) is 12.9. The highest BCUT2D eigenvalue weighted by atomic mass is 19.1. The number of benzene rings is 1. The third-order valence-electron chi connectivity index (χ3n) is 2.84. The van der Waals surface area contributed by atoms with E-state index in [1.54, 1.807) is 18.2 Å². The Labute approximate surface area is 129 Å². The standard InChI is InChI=1S/C11H12FN5.C5H10/c12-8-4-2-1-3-7(8)6-17-10(13)5-9(16-17)11(14)15;1-3-5-4-2/h1-5H,6,13H2,(H3,14,15);3,5H,4H2,1-2H3/b;5-3-. The summed E-state index contributed by atoms with van der Waals surface area (Å²) >= 11 is 0. The van der Waals surface area contributed by atoms with Crippen molar-refractivity contribution in [1.29, 1.82) is 5.41 Å². The lowest BCUT2D eigenvalue weighted by atomic mass is 10.2. The van der Waals surface area contributed by atoms with Crippen LogP contribution >= 0.6 is 0 Å². The molecule has 118 valence electrons. The van der Waals surface area contributed by atoms with Gasteiger partial charge in [0, 0.05) is 11.6 Å². The average molecular weight is 303 g/mol. The first kappa shape index (κ1) is 17.4. The van der Waals surface area contributed by atoms with Crippen LogP contribution in [0.25, 0.3) is 0 Å². The Morgan fingerprint density at radius 2 is 2.09 bits per heavy atom. The Kier molecular flexibility index (Phi) is 6.82. The molecule has 2 aromatic rings. The number of anilines is 1. The minimum atomic E-state index is -0.313. The largest absolute Gasteiger partial charge is 0.384 e. The number of hydrogen-bond donors (Lipinski definition) is 3. The van der Waals surface area contributed by atoms with Gasteiger partial charge in [-0.15, -0.1) is 0 Å². The van der Waals surface area contributed by atoms with Gasteiger partial charge in [0.1, 0.15) is 23.2 Å². The van der Waals surface area contributed by atoms with E-state index in [1.807, 2.05) is 6.92 Å². The van der Waals surface area contributed by atoms with Gasteiger partial charge in [-0.2, -0.15) is 5.10 Å². The fraction of sp³-hybridized carbons (Fsp3) is 0.250. The molecule has 1 aromatic carbocycles. The van der Waals surface area contributed by atoms with Crippen LogP contribution in [0.5, 0.6) is 0 Å². The van der Waals surface area contributed by atoms with Gasteiger partial charge in [-0.05, 0) is 19.4 Å². The van der Waals surface area contributed by atoms with Crippen LogP contribution in [0.1, 0.15) is 31.5 Å². The molecule has 0 saturated carbocycles. The fourth-order valence-electron chi connectivity index (χ4n) is 1.71. The van der Waals surface area contributed by atoms with E-state index in [0.717, 1.165) is 6.42 Å². The maximum absolute atomic E-state index is 13.4. The van der Waals surface area contributed by atoms with E-state index in [9.17, 15) is 4.39 Å². The third-order valence-corrected chi connectivity index (χ3v) is 2.84. The first-order valence-corrected chi connectivity index (χ1v) is 7.01. The number of nitrogens with two attached hydrogens (primary N) is 2. The summed E-state index contributed by atoms with van der Waals surface area (Å²) in [6, 6.07) is 7.88. The molecule has 0 radical (unpaired) electrons. The van der Waals surface area contributed by atoms with Gasteiger partial charge in [0.05, 0.1) is 6.54 Å². The van der Waals surface area contributed by atoms with Gasteiger partial charge in [0.2, 0.25) is 0 Å². The highest BCUT2D eigenvalue weighted by molar-refractivity contribution is 5.93. The summed E-state index contributed by atoms with van der Waals surface area (Å²) in [5.41, 5.74) is 11.8. The molecule has 5 nitrogen and oxygen atoms in total. The highest BCUT2D eigenvalue weighted by Gasteiger charge is 2.09. The van der Waals surface area contributed by atoms with Crippen LogP contribution in [0.3, 0.4) is 0 Å². The first-order valence-electron chi connectivity index (χ1n) is 7.01. The summed E-state index contributed by atoms with van der Waals surface area (Å²) in [5.74, 6) is -0.130. The van der Waals surface area contributed by atoms with Crippen LogP contribution in [0.4, 0.5) is 10.2 Å². The van der Waals surface area contributed by atoms with Crippen molar-refractivity contribution in [3.63, 3.8) is 0 Å². The van der Waals surface area contributed by atoms with E-state index < -0.39 is 0 Å². The van der Waals surface area contributed by atoms with E-state index in [-0.39, 0.29) is 18.2 Å². The molecule has 0 fully saturated rings. The monoisotopic (exact) mass is 303 g/mol. The highest BCUT2D eigenvalue weighted by Crippen LogP contribution is 2.12. The van der Waals surface area contributed by atoms with E-state index in [0.29, 0.717) is 17.1 Å². The number of rotatable bonds is 4. The molecule has 0 aliphatic carbocycles. The van der Waals surface area contributed by atoms with Crippen LogP contribution in [-0.4, -0.2) is 15.6 Å². The normalized spacial score (nSPS) is 10.3. The smallest absolute Gasteiger partial charge is 0.143 e.